The lowest BCUT2D eigenvalue weighted by atomic mass is 9.79. The molecule has 14 heavy (non-hydrogen) atoms. The summed E-state index contributed by atoms with van der Waals surface area (Å²) in [6, 6.07) is 0. The molecule has 0 bridgehead atoms. The molecule has 0 amide bonds. The minimum Gasteiger partial charge on any atom is -0.263 e. The zero-order valence-corrected chi connectivity index (χ0v) is 9.78. The van der Waals surface area contributed by atoms with Gasteiger partial charge in [0.1, 0.15) is 6.34 Å². The van der Waals surface area contributed by atoms with Crippen molar-refractivity contribution in [3.8, 4) is 0 Å². The minimum atomic E-state index is -0.131. The molecule has 0 fully saturated rings. The first-order valence-corrected chi connectivity index (χ1v) is 5.14. The molecule has 0 aromatic heterocycles. The van der Waals surface area contributed by atoms with E-state index in [0.717, 1.165) is 0 Å². The predicted octanol–water partition coefficient (Wildman–Crippen LogP) is 3.10. The van der Waals surface area contributed by atoms with Crippen molar-refractivity contribution in [1.82, 2.24) is 0 Å². The lowest BCUT2D eigenvalue weighted by Crippen LogP contribution is -2.25. The average molecular weight is 192 g/mol. The van der Waals surface area contributed by atoms with Crippen LogP contribution in [0.15, 0.2) is 22.1 Å². The van der Waals surface area contributed by atoms with Crippen LogP contribution in [0.25, 0.3) is 0 Å². The van der Waals surface area contributed by atoms with Crippen LogP contribution in [0.4, 0.5) is 0 Å². The Hall–Kier alpha value is -0.920. The molecule has 1 atom stereocenters. The van der Waals surface area contributed by atoms with Crippen LogP contribution >= 0.6 is 0 Å². The Morgan fingerprint density at radius 2 is 1.71 bits per heavy atom. The number of rotatable bonds is 1. The van der Waals surface area contributed by atoms with Crippen molar-refractivity contribution in [1.29, 1.82) is 0 Å². The van der Waals surface area contributed by atoms with Gasteiger partial charge < -0.3 is 0 Å². The van der Waals surface area contributed by atoms with E-state index in [-0.39, 0.29) is 11.0 Å². The smallest absolute Gasteiger partial charge is 0.110 e. The van der Waals surface area contributed by atoms with Gasteiger partial charge in [0.2, 0.25) is 0 Å². The molecule has 0 aromatic rings. The Morgan fingerprint density at radius 1 is 1.07 bits per heavy atom. The standard InChI is InChI=1S/C12H20N2/c1-10(2)12(5)7-6-11(3,4)14-9-13-8-12/h6-10H,1-5H3/b7-6-,13-8?,14-9?. The van der Waals surface area contributed by atoms with Crippen LogP contribution in [0.1, 0.15) is 34.6 Å². The Morgan fingerprint density at radius 3 is 2.29 bits per heavy atom. The molecule has 1 aliphatic rings. The fourth-order valence-electron chi connectivity index (χ4n) is 1.19. The van der Waals surface area contributed by atoms with Crippen molar-refractivity contribution in [3.05, 3.63) is 12.2 Å². The summed E-state index contributed by atoms with van der Waals surface area (Å²) in [7, 11) is 0. The number of nitrogens with zero attached hydrogens (tertiary/aromatic N) is 2. The highest BCUT2D eigenvalue weighted by Gasteiger charge is 2.25. The number of allylic oxidation sites excluding steroid dienone is 1. The Labute approximate surface area is 86.8 Å². The van der Waals surface area contributed by atoms with Crippen molar-refractivity contribution in [2.45, 2.75) is 40.2 Å². The van der Waals surface area contributed by atoms with E-state index in [2.05, 4.69) is 56.8 Å². The fraction of sp³-hybridized carbons (Fsp3) is 0.667. The van der Waals surface area contributed by atoms with Crippen LogP contribution in [0.3, 0.4) is 0 Å². The van der Waals surface area contributed by atoms with Crippen LogP contribution < -0.4 is 0 Å². The molecule has 0 radical (unpaired) electrons. The molecule has 0 aliphatic carbocycles. The van der Waals surface area contributed by atoms with E-state index in [1.165, 1.54) is 0 Å². The van der Waals surface area contributed by atoms with E-state index in [1.807, 2.05) is 6.21 Å². The van der Waals surface area contributed by atoms with Crippen LogP contribution in [0, 0.1) is 11.3 Å². The molecule has 0 saturated carbocycles. The van der Waals surface area contributed by atoms with Gasteiger partial charge in [-0.2, -0.15) is 0 Å². The molecule has 1 heterocycles. The number of aliphatic imine (C=N–C) groups is 2. The highest BCUT2D eigenvalue weighted by atomic mass is 14.9. The van der Waals surface area contributed by atoms with Crippen molar-refractivity contribution in [2.24, 2.45) is 21.3 Å². The minimum absolute atomic E-state index is 0.0453. The molecule has 1 rings (SSSR count). The van der Waals surface area contributed by atoms with E-state index >= 15 is 0 Å². The van der Waals surface area contributed by atoms with Gasteiger partial charge in [-0.25, -0.2) is 4.99 Å². The molecule has 1 aliphatic heterocycles. The summed E-state index contributed by atoms with van der Waals surface area (Å²) in [4.78, 5) is 8.56. The van der Waals surface area contributed by atoms with Crippen molar-refractivity contribution in [2.75, 3.05) is 0 Å². The van der Waals surface area contributed by atoms with Gasteiger partial charge in [-0.05, 0) is 19.8 Å². The first-order chi connectivity index (χ1) is 6.36. The van der Waals surface area contributed by atoms with Crippen LogP contribution in [-0.2, 0) is 0 Å². The summed E-state index contributed by atoms with van der Waals surface area (Å²) in [5, 5.41) is 0. The van der Waals surface area contributed by atoms with E-state index in [1.54, 1.807) is 6.34 Å². The normalized spacial score (nSPS) is 32.7. The maximum Gasteiger partial charge on any atom is 0.110 e. The third kappa shape index (κ3) is 2.53. The molecule has 0 aromatic carbocycles. The molecule has 0 spiro atoms. The van der Waals surface area contributed by atoms with Crippen molar-refractivity contribution in [3.63, 3.8) is 0 Å². The maximum atomic E-state index is 4.33. The van der Waals surface area contributed by atoms with Gasteiger partial charge in [0, 0.05) is 11.6 Å². The van der Waals surface area contributed by atoms with Crippen molar-refractivity contribution >= 4 is 12.6 Å². The molecule has 2 nitrogen and oxygen atoms in total. The SMILES string of the molecule is CC(C)C1(C)C=NC=NC(C)(C)/C=C\1. The van der Waals surface area contributed by atoms with Gasteiger partial charge in [0.25, 0.3) is 0 Å². The first kappa shape index (κ1) is 11.2. The number of hydrogen-bond donors (Lipinski definition) is 0. The van der Waals surface area contributed by atoms with Gasteiger partial charge in [-0.15, -0.1) is 0 Å². The molecular weight excluding hydrogens is 172 g/mol. The summed E-state index contributed by atoms with van der Waals surface area (Å²) >= 11 is 0. The Kier molecular flexibility index (Phi) is 2.93. The van der Waals surface area contributed by atoms with Gasteiger partial charge in [0.15, 0.2) is 0 Å². The van der Waals surface area contributed by atoms with Crippen LogP contribution in [0.2, 0.25) is 0 Å². The number of hydrogen-bond acceptors (Lipinski definition) is 2. The van der Waals surface area contributed by atoms with E-state index in [9.17, 15) is 0 Å². The second kappa shape index (κ2) is 3.68. The largest absolute Gasteiger partial charge is 0.263 e. The average Bonchev–Trinajstić information content (AvgIpc) is 2.07. The summed E-state index contributed by atoms with van der Waals surface area (Å²) in [6.45, 7) is 10.8. The lowest BCUT2D eigenvalue weighted by Gasteiger charge is -2.28. The van der Waals surface area contributed by atoms with Gasteiger partial charge in [-0.3, -0.25) is 4.99 Å². The van der Waals surface area contributed by atoms with Crippen LogP contribution in [0.5, 0.6) is 0 Å². The topological polar surface area (TPSA) is 24.7 Å². The molecular formula is C12H20N2. The monoisotopic (exact) mass is 192 g/mol. The third-order valence-electron chi connectivity index (χ3n) is 2.90. The van der Waals surface area contributed by atoms with Gasteiger partial charge >= 0.3 is 0 Å². The molecule has 2 heteroatoms. The molecule has 0 N–H and O–H groups in total. The zero-order chi connectivity index (χ0) is 10.8. The highest BCUT2D eigenvalue weighted by molar-refractivity contribution is 5.78. The van der Waals surface area contributed by atoms with Crippen LogP contribution in [-0.4, -0.2) is 18.1 Å². The predicted molar refractivity (Wildman–Crippen MR) is 63.1 cm³/mol. The van der Waals surface area contributed by atoms with Gasteiger partial charge in [0.05, 0.1) is 5.54 Å². The summed E-state index contributed by atoms with van der Waals surface area (Å²) < 4.78 is 0. The van der Waals surface area contributed by atoms with E-state index in [4.69, 9.17) is 0 Å². The lowest BCUT2D eigenvalue weighted by molar-refractivity contribution is 0.419. The van der Waals surface area contributed by atoms with Crippen molar-refractivity contribution < 1.29 is 0 Å². The van der Waals surface area contributed by atoms with Gasteiger partial charge in [-0.1, -0.05) is 32.9 Å². The first-order valence-electron chi connectivity index (χ1n) is 5.14. The highest BCUT2D eigenvalue weighted by Crippen LogP contribution is 2.28. The second-order valence-corrected chi connectivity index (χ2v) is 5.03. The molecule has 1 unspecified atom stereocenters. The Bertz CT molecular complexity index is 285. The fourth-order valence-corrected chi connectivity index (χ4v) is 1.19. The Balaban J connectivity index is 3.04. The molecule has 78 valence electrons. The third-order valence-corrected chi connectivity index (χ3v) is 2.90. The van der Waals surface area contributed by atoms with E-state index < -0.39 is 0 Å². The molecule has 0 saturated heterocycles. The maximum absolute atomic E-state index is 4.33. The zero-order valence-electron chi connectivity index (χ0n) is 9.78. The summed E-state index contributed by atoms with van der Waals surface area (Å²) in [6.07, 6.45) is 8.02. The quantitative estimate of drug-likeness (QED) is 0.570. The summed E-state index contributed by atoms with van der Waals surface area (Å²) in [5.74, 6) is 0.546. The van der Waals surface area contributed by atoms with E-state index in [0.29, 0.717) is 5.92 Å². The summed E-state index contributed by atoms with van der Waals surface area (Å²) in [5.41, 5.74) is -0.0857. The second-order valence-electron chi connectivity index (χ2n) is 5.03.